The van der Waals surface area contributed by atoms with Crippen molar-refractivity contribution in [3.63, 3.8) is 0 Å². The number of carboxylic acids is 1. The van der Waals surface area contributed by atoms with Gasteiger partial charge < -0.3 is 14.7 Å². The summed E-state index contributed by atoms with van der Waals surface area (Å²) in [6.07, 6.45) is 1.88. The minimum atomic E-state index is -2.92. The zero-order chi connectivity index (χ0) is 19.6. The van der Waals surface area contributed by atoms with Gasteiger partial charge in [-0.1, -0.05) is 5.21 Å². The molecule has 1 aliphatic heterocycles. The number of aromatic nitrogens is 3. The number of aliphatic carboxylic acids is 1. The van der Waals surface area contributed by atoms with E-state index < -0.39 is 24.5 Å². The average Bonchev–Trinajstić information content (AvgIpc) is 3.02. The number of halogens is 2. The molecular weight excluding hydrogens is 362 g/mol. The molecule has 1 aliphatic rings. The van der Waals surface area contributed by atoms with Gasteiger partial charge in [0.1, 0.15) is 11.8 Å². The van der Waals surface area contributed by atoms with Gasteiger partial charge in [0.15, 0.2) is 5.69 Å². The number of likely N-dealkylation sites (tertiary alicyclic amines) is 1. The van der Waals surface area contributed by atoms with Gasteiger partial charge >= 0.3 is 12.6 Å². The molecular formula is C17H18F2N4O4. The van der Waals surface area contributed by atoms with Crippen molar-refractivity contribution in [1.82, 2.24) is 19.9 Å². The largest absolute Gasteiger partial charge is 0.480 e. The van der Waals surface area contributed by atoms with E-state index in [2.05, 4.69) is 15.0 Å². The highest BCUT2D eigenvalue weighted by molar-refractivity contribution is 5.96. The van der Waals surface area contributed by atoms with E-state index in [1.54, 1.807) is 6.92 Å². The number of ether oxygens (including phenoxy) is 1. The summed E-state index contributed by atoms with van der Waals surface area (Å²) >= 11 is 0. The first-order valence-electron chi connectivity index (χ1n) is 8.40. The van der Waals surface area contributed by atoms with Gasteiger partial charge in [-0.3, -0.25) is 4.79 Å². The maximum Gasteiger partial charge on any atom is 0.387 e. The van der Waals surface area contributed by atoms with Crippen LogP contribution in [0.25, 0.3) is 5.69 Å². The molecule has 1 aromatic carbocycles. The van der Waals surface area contributed by atoms with Crippen LogP contribution in [0.1, 0.15) is 35.4 Å². The second-order valence-corrected chi connectivity index (χ2v) is 6.16. The van der Waals surface area contributed by atoms with Gasteiger partial charge in [0.25, 0.3) is 5.91 Å². The Morgan fingerprint density at radius 3 is 2.59 bits per heavy atom. The molecule has 2 heterocycles. The molecule has 3 rings (SSSR count). The summed E-state index contributed by atoms with van der Waals surface area (Å²) in [5, 5.41) is 17.2. The Morgan fingerprint density at radius 1 is 1.26 bits per heavy atom. The van der Waals surface area contributed by atoms with Crippen molar-refractivity contribution in [3.05, 3.63) is 35.7 Å². The van der Waals surface area contributed by atoms with E-state index in [-0.39, 0.29) is 11.4 Å². The highest BCUT2D eigenvalue weighted by atomic mass is 19.3. The molecule has 1 N–H and O–H groups in total. The molecule has 27 heavy (non-hydrogen) atoms. The number of nitrogens with zero attached hydrogens (tertiary/aromatic N) is 4. The Bertz CT molecular complexity index is 838. The molecule has 0 radical (unpaired) electrons. The van der Waals surface area contributed by atoms with Gasteiger partial charge in [-0.15, -0.1) is 5.10 Å². The summed E-state index contributed by atoms with van der Waals surface area (Å²) in [6.45, 7) is -0.932. The van der Waals surface area contributed by atoms with Crippen molar-refractivity contribution in [2.75, 3.05) is 6.54 Å². The molecule has 0 unspecified atom stereocenters. The molecule has 0 spiro atoms. The predicted molar refractivity (Wildman–Crippen MR) is 89.0 cm³/mol. The van der Waals surface area contributed by atoms with Gasteiger partial charge in [-0.2, -0.15) is 8.78 Å². The number of rotatable bonds is 5. The number of amides is 1. The summed E-state index contributed by atoms with van der Waals surface area (Å²) in [7, 11) is 0. The van der Waals surface area contributed by atoms with Gasteiger partial charge in [0.2, 0.25) is 0 Å². The molecule has 144 valence electrons. The van der Waals surface area contributed by atoms with Crippen LogP contribution < -0.4 is 4.74 Å². The fourth-order valence-electron chi connectivity index (χ4n) is 3.11. The van der Waals surface area contributed by atoms with Gasteiger partial charge in [0.05, 0.1) is 11.4 Å². The first-order valence-corrected chi connectivity index (χ1v) is 8.40. The van der Waals surface area contributed by atoms with Gasteiger partial charge in [-0.25, -0.2) is 9.48 Å². The molecule has 10 heteroatoms. The van der Waals surface area contributed by atoms with Crippen LogP contribution in [0.3, 0.4) is 0 Å². The third kappa shape index (κ3) is 3.88. The smallest absolute Gasteiger partial charge is 0.387 e. The van der Waals surface area contributed by atoms with Crippen LogP contribution in [0.5, 0.6) is 5.75 Å². The Kier molecular flexibility index (Phi) is 5.33. The Labute approximate surface area is 153 Å². The lowest BCUT2D eigenvalue weighted by molar-refractivity contribution is -0.143. The zero-order valence-corrected chi connectivity index (χ0v) is 14.5. The predicted octanol–water partition coefficient (Wildman–Crippen LogP) is 2.26. The topological polar surface area (TPSA) is 97.5 Å². The van der Waals surface area contributed by atoms with Crippen molar-refractivity contribution >= 4 is 11.9 Å². The van der Waals surface area contributed by atoms with Crippen LogP contribution in [-0.2, 0) is 4.79 Å². The maximum absolute atomic E-state index is 12.8. The number of carbonyl (C=O) groups is 2. The standard InChI is InChI=1S/C17H18F2N4O4/c1-10-14(15(24)22-9-3-2-4-13(22)16(25)26)20-21-23(10)11-5-7-12(8-6-11)27-17(18)19/h5-8,13,17H,2-4,9H2,1H3,(H,25,26)/t13-/m1/s1. The highest BCUT2D eigenvalue weighted by Gasteiger charge is 2.34. The summed E-state index contributed by atoms with van der Waals surface area (Å²) in [5.41, 5.74) is 1.00. The molecule has 1 fully saturated rings. The van der Waals surface area contributed by atoms with Crippen LogP contribution >= 0.6 is 0 Å². The average molecular weight is 380 g/mol. The lowest BCUT2D eigenvalue weighted by Crippen LogP contribution is -2.48. The van der Waals surface area contributed by atoms with Crippen LogP contribution in [0.15, 0.2) is 24.3 Å². The van der Waals surface area contributed by atoms with E-state index in [0.717, 1.165) is 12.8 Å². The number of carbonyl (C=O) groups excluding carboxylic acids is 1. The fraction of sp³-hybridized carbons (Fsp3) is 0.412. The Hall–Kier alpha value is -3.04. The molecule has 0 aliphatic carbocycles. The first-order chi connectivity index (χ1) is 12.9. The number of alkyl halides is 2. The van der Waals surface area contributed by atoms with E-state index in [4.69, 9.17) is 0 Å². The van der Waals surface area contributed by atoms with Gasteiger partial charge in [-0.05, 0) is 50.5 Å². The molecule has 1 atom stereocenters. The SMILES string of the molecule is Cc1c(C(=O)N2CCCC[C@@H]2C(=O)O)nnn1-c1ccc(OC(F)F)cc1. The lowest BCUT2D eigenvalue weighted by atomic mass is 10.0. The van der Waals surface area contributed by atoms with E-state index in [1.165, 1.54) is 33.8 Å². The highest BCUT2D eigenvalue weighted by Crippen LogP contribution is 2.22. The van der Waals surface area contributed by atoms with Crippen LogP contribution in [-0.4, -0.2) is 56.1 Å². The number of piperidine rings is 1. The zero-order valence-electron chi connectivity index (χ0n) is 14.5. The molecule has 8 nitrogen and oxygen atoms in total. The molecule has 0 bridgehead atoms. The van der Waals surface area contributed by atoms with Gasteiger partial charge in [0, 0.05) is 6.54 Å². The summed E-state index contributed by atoms with van der Waals surface area (Å²) in [4.78, 5) is 25.5. The summed E-state index contributed by atoms with van der Waals surface area (Å²) in [5.74, 6) is -1.52. The van der Waals surface area contributed by atoms with Crippen LogP contribution in [0.2, 0.25) is 0 Å². The molecule has 1 amide bonds. The van der Waals surface area contributed by atoms with Crippen molar-refractivity contribution in [1.29, 1.82) is 0 Å². The molecule has 1 aromatic heterocycles. The summed E-state index contributed by atoms with van der Waals surface area (Å²) in [6, 6.07) is 4.86. The first kappa shape index (κ1) is 18.7. The molecule has 1 saturated heterocycles. The van der Waals surface area contributed by atoms with Crippen molar-refractivity contribution in [2.45, 2.75) is 38.8 Å². The van der Waals surface area contributed by atoms with Crippen LogP contribution in [0.4, 0.5) is 8.78 Å². The lowest BCUT2D eigenvalue weighted by Gasteiger charge is -2.32. The minimum absolute atomic E-state index is 0.000403. The molecule has 0 saturated carbocycles. The van der Waals surface area contributed by atoms with E-state index in [9.17, 15) is 23.5 Å². The summed E-state index contributed by atoms with van der Waals surface area (Å²) < 4.78 is 30.1. The van der Waals surface area contributed by atoms with Crippen molar-refractivity contribution < 1.29 is 28.2 Å². The fourth-order valence-corrected chi connectivity index (χ4v) is 3.11. The quantitative estimate of drug-likeness (QED) is 0.855. The second kappa shape index (κ2) is 7.68. The number of hydrogen-bond acceptors (Lipinski definition) is 5. The third-order valence-corrected chi connectivity index (χ3v) is 4.45. The normalized spacial score (nSPS) is 17.2. The monoisotopic (exact) mass is 380 g/mol. The van der Waals surface area contributed by atoms with Crippen molar-refractivity contribution in [2.24, 2.45) is 0 Å². The van der Waals surface area contributed by atoms with E-state index in [1.807, 2.05) is 0 Å². The van der Waals surface area contributed by atoms with Crippen molar-refractivity contribution in [3.8, 4) is 11.4 Å². The third-order valence-electron chi connectivity index (χ3n) is 4.45. The van der Waals surface area contributed by atoms with E-state index >= 15 is 0 Å². The Balaban J connectivity index is 1.84. The minimum Gasteiger partial charge on any atom is -0.480 e. The number of hydrogen-bond donors (Lipinski definition) is 1. The number of carboxylic acid groups (broad SMARTS) is 1. The Morgan fingerprint density at radius 2 is 1.96 bits per heavy atom. The maximum atomic E-state index is 12.8. The molecule has 2 aromatic rings. The van der Waals surface area contributed by atoms with Crippen LogP contribution in [0, 0.1) is 6.92 Å². The number of benzene rings is 1. The second-order valence-electron chi connectivity index (χ2n) is 6.16. The van der Waals surface area contributed by atoms with E-state index in [0.29, 0.717) is 24.3 Å².